The Kier molecular flexibility index (Phi) is 8.04. The standard InChI is InChI=1S/C19H25Cl2N3O3S/c1-6-11(2)15(22-17(25)27-19(3,4)5)16-23-24-18(26-16)28-10-12-7-8-13(20)14(21)9-12/h7-9,11,15H,6,10H2,1-5H3,(H,22,25). The van der Waals surface area contributed by atoms with E-state index in [1.807, 2.05) is 40.7 Å². The molecule has 0 saturated carbocycles. The number of hydrogen-bond acceptors (Lipinski definition) is 6. The lowest BCUT2D eigenvalue weighted by atomic mass is 9.99. The molecule has 0 spiro atoms. The van der Waals surface area contributed by atoms with Crippen molar-refractivity contribution < 1.29 is 13.9 Å². The minimum absolute atomic E-state index is 0.0980. The second-order valence-corrected chi connectivity index (χ2v) is 9.19. The third-order valence-electron chi connectivity index (χ3n) is 3.92. The fraction of sp³-hybridized carbons (Fsp3) is 0.526. The fourth-order valence-electron chi connectivity index (χ4n) is 2.30. The number of nitrogens with zero attached hydrogens (tertiary/aromatic N) is 2. The summed E-state index contributed by atoms with van der Waals surface area (Å²) in [5, 5.41) is 12.5. The predicted octanol–water partition coefficient (Wildman–Crippen LogP) is 6.28. The van der Waals surface area contributed by atoms with E-state index in [-0.39, 0.29) is 5.92 Å². The highest BCUT2D eigenvalue weighted by Gasteiger charge is 2.28. The zero-order valence-electron chi connectivity index (χ0n) is 16.6. The van der Waals surface area contributed by atoms with Crippen molar-refractivity contribution in [3.05, 3.63) is 39.7 Å². The average Bonchev–Trinajstić information content (AvgIpc) is 3.07. The summed E-state index contributed by atoms with van der Waals surface area (Å²) < 4.78 is 11.1. The summed E-state index contributed by atoms with van der Waals surface area (Å²) >= 11 is 13.4. The van der Waals surface area contributed by atoms with Crippen LogP contribution in [0.1, 0.15) is 58.5 Å². The Morgan fingerprint density at radius 3 is 2.61 bits per heavy atom. The Bertz CT molecular complexity index is 808. The van der Waals surface area contributed by atoms with Gasteiger partial charge in [0, 0.05) is 5.75 Å². The molecule has 2 rings (SSSR count). The zero-order chi connectivity index (χ0) is 20.9. The first kappa shape index (κ1) is 22.8. The third-order valence-corrected chi connectivity index (χ3v) is 5.55. The minimum atomic E-state index is -0.584. The molecule has 0 radical (unpaired) electrons. The SMILES string of the molecule is CCC(C)C(NC(=O)OC(C)(C)C)c1nnc(SCc2ccc(Cl)c(Cl)c2)o1. The quantitative estimate of drug-likeness (QED) is 0.505. The van der Waals surface area contributed by atoms with Crippen LogP contribution >= 0.6 is 35.0 Å². The highest BCUT2D eigenvalue weighted by atomic mass is 35.5. The van der Waals surface area contributed by atoms with Gasteiger partial charge >= 0.3 is 6.09 Å². The van der Waals surface area contributed by atoms with Crippen molar-refractivity contribution in [2.75, 3.05) is 0 Å². The number of halogens is 2. The number of amides is 1. The number of benzene rings is 1. The van der Waals surface area contributed by atoms with Crippen LogP contribution in [0.3, 0.4) is 0 Å². The van der Waals surface area contributed by atoms with Gasteiger partial charge in [-0.1, -0.05) is 61.3 Å². The summed E-state index contributed by atoms with van der Waals surface area (Å²) in [5.41, 5.74) is 0.407. The predicted molar refractivity (Wildman–Crippen MR) is 112 cm³/mol. The first-order valence-corrected chi connectivity index (χ1v) is 10.7. The van der Waals surface area contributed by atoms with Crippen LogP contribution in [0.25, 0.3) is 0 Å². The second-order valence-electron chi connectivity index (χ2n) is 7.45. The molecule has 1 heterocycles. The Morgan fingerprint density at radius 2 is 2.00 bits per heavy atom. The Labute approximate surface area is 179 Å². The van der Waals surface area contributed by atoms with Gasteiger partial charge in [0.25, 0.3) is 5.22 Å². The van der Waals surface area contributed by atoms with Crippen LogP contribution in [0, 0.1) is 5.92 Å². The molecule has 0 fully saturated rings. The number of hydrogen-bond donors (Lipinski definition) is 1. The minimum Gasteiger partial charge on any atom is -0.444 e. The molecule has 1 aromatic carbocycles. The Morgan fingerprint density at radius 1 is 1.29 bits per heavy atom. The number of carbonyl (C=O) groups is 1. The molecule has 0 aliphatic carbocycles. The smallest absolute Gasteiger partial charge is 0.408 e. The van der Waals surface area contributed by atoms with Gasteiger partial charge in [-0.3, -0.25) is 0 Å². The van der Waals surface area contributed by atoms with Gasteiger partial charge < -0.3 is 14.5 Å². The lowest BCUT2D eigenvalue weighted by molar-refractivity contribution is 0.0474. The molecule has 2 unspecified atom stereocenters. The van der Waals surface area contributed by atoms with Gasteiger partial charge in [-0.15, -0.1) is 10.2 Å². The van der Waals surface area contributed by atoms with Gasteiger partial charge in [0.05, 0.1) is 10.0 Å². The molecule has 2 atom stereocenters. The Hall–Kier alpha value is -1.44. The summed E-state index contributed by atoms with van der Waals surface area (Å²) in [6, 6.07) is 5.03. The molecule has 28 heavy (non-hydrogen) atoms. The van der Waals surface area contributed by atoms with Crippen LogP contribution in [0.15, 0.2) is 27.8 Å². The summed E-state index contributed by atoms with van der Waals surface area (Å²) in [5.74, 6) is 1.06. The van der Waals surface area contributed by atoms with Crippen LogP contribution in [-0.2, 0) is 10.5 Å². The van der Waals surface area contributed by atoms with Gasteiger partial charge in [0.15, 0.2) is 0 Å². The summed E-state index contributed by atoms with van der Waals surface area (Å²) in [7, 11) is 0. The molecule has 154 valence electrons. The number of aromatic nitrogens is 2. The average molecular weight is 446 g/mol. The zero-order valence-corrected chi connectivity index (χ0v) is 18.9. The topological polar surface area (TPSA) is 77.2 Å². The maximum atomic E-state index is 12.2. The summed E-state index contributed by atoms with van der Waals surface area (Å²) in [6.45, 7) is 9.49. The van der Waals surface area contributed by atoms with E-state index >= 15 is 0 Å². The van der Waals surface area contributed by atoms with Crippen molar-refractivity contribution in [1.82, 2.24) is 15.5 Å². The summed E-state index contributed by atoms with van der Waals surface area (Å²) in [4.78, 5) is 12.2. The van der Waals surface area contributed by atoms with Crippen LogP contribution in [-0.4, -0.2) is 21.9 Å². The van der Waals surface area contributed by atoms with Crippen molar-refractivity contribution >= 4 is 41.1 Å². The fourth-order valence-corrected chi connectivity index (χ4v) is 3.33. The van der Waals surface area contributed by atoms with Crippen LogP contribution in [0.4, 0.5) is 4.79 Å². The molecular formula is C19H25Cl2N3O3S. The molecule has 1 aromatic heterocycles. The number of alkyl carbamates (subject to hydrolysis) is 1. The van der Waals surface area contributed by atoms with E-state index in [9.17, 15) is 4.79 Å². The lowest BCUT2D eigenvalue weighted by Gasteiger charge is -2.24. The van der Waals surface area contributed by atoms with E-state index in [2.05, 4.69) is 15.5 Å². The van der Waals surface area contributed by atoms with E-state index in [1.165, 1.54) is 11.8 Å². The highest BCUT2D eigenvalue weighted by molar-refractivity contribution is 7.98. The van der Waals surface area contributed by atoms with Gasteiger partial charge in [-0.25, -0.2) is 4.79 Å². The van der Waals surface area contributed by atoms with Gasteiger partial charge in [-0.05, 0) is 44.4 Å². The van der Waals surface area contributed by atoms with Crippen LogP contribution in [0.2, 0.25) is 10.0 Å². The molecule has 2 aromatic rings. The lowest BCUT2D eigenvalue weighted by Crippen LogP contribution is -2.37. The number of rotatable bonds is 7. The van der Waals surface area contributed by atoms with Crippen molar-refractivity contribution in [1.29, 1.82) is 0 Å². The molecule has 0 saturated heterocycles. The number of ether oxygens (including phenoxy) is 1. The molecule has 1 N–H and O–H groups in total. The first-order chi connectivity index (χ1) is 13.1. The van der Waals surface area contributed by atoms with Gasteiger partial charge in [-0.2, -0.15) is 0 Å². The molecule has 0 aliphatic rings. The van der Waals surface area contributed by atoms with Gasteiger partial charge in [0.2, 0.25) is 5.89 Å². The number of nitrogens with one attached hydrogen (secondary N) is 1. The molecule has 0 bridgehead atoms. The maximum Gasteiger partial charge on any atom is 0.408 e. The van der Waals surface area contributed by atoms with Gasteiger partial charge in [0.1, 0.15) is 11.6 Å². The van der Waals surface area contributed by atoms with Crippen LogP contribution in [0.5, 0.6) is 0 Å². The van der Waals surface area contributed by atoms with E-state index in [0.717, 1.165) is 12.0 Å². The monoisotopic (exact) mass is 445 g/mol. The molecular weight excluding hydrogens is 421 g/mol. The molecule has 0 aliphatic heterocycles. The Balaban J connectivity index is 2.06. The van der Waals surface area contributed by atoms with Crippen molar-refractivity contribution in [3.8, 4) is 0 Å². The second kappa shape index (κ2) is 9.85. The third kappa shape index (κ3) is 6.87. The van der Waals surface area contributed by atoms with E-state index in [4.69, 9.17) is 32.4 Å². The largest absolute Gasteiger partial charge is 0.444 e. The highest BCUT2D eigenvalue weighted by Crippen LogP contribution is 2.30. The van der Waals surface area contributed by atoms with Crippen molar-refractivity contribution in [2.45, 2.75) is 63.7 Å². The van der Waals surface area contributed by atoms with E-state index in [1.54, 1.807) is 12.1 Å². The maximum absolute atomic E-state index is 12.2. The van der Waals surface area contributed by atoms with E-state index in [0.29, 0.717) is 26.9 Å². The number of thioether (sulfide) groups is 1. The first-order valence-electron chi connectivity index (χ1n) is 8.98. The number of carbonyl (C=O) groups excluding carboxylic acids is 1. The van der Waals surface area contributed by atoms with Crippen LogP contribution < -0.4 is 5.32 Å². The molecule has 9 heteroatoms. The van der Waals surface area contributed by atoms with E-state index < -0.39 is 17.7 Å². The van der Waals surface area contributed by atoms with Crippen molar-refractivity contribution in [2.24, 2.45) is 5.92 Å². The normalized spacial score (nSPS) is 13.8. The molecule has 6 nitrogen and oxygen atoms in total. The molecule has 1 amide bonds. The summed E-state index contributed by atoms with van der Waals surface area (Å²) in [6.07, 6.45) is 0.315. The van der Waals surface area contributed by atoms with Crippen molar-refractivity contribution in [3.63, 3.8) is 0 Å².